The molecule has 0 radical (unpaired) electrons. The highest BCUT2D eigenvalue weighted by atomic mass is 32.1. The van der Waals surface area contributed by atoms with Crippen molar-refractivity contribution >= 4 is 22.1 Å². The average Bonchev–Trinajstić information content (AvgIpc) is 3.11. The minimum atomic E-state index is 0.279. The Balaban J connectivity index is 1.91. The van der Waals surface area contributed by atoms with Crippen molar-refractivity contribution < 1.29 is 5.11 Å². The largest absolute Gasteiger partial charge is 0.396 e. The first-order valence-electron chi connectivity index (χ1n) is 6.84. The van der Waals surface area contributed by atoms with Crippen molar-refractivity contribution in [1.82, 2.24) is 14.7 Å². The summed E-state index contributed by atoms with van der Waals surface area (Å²) in [6.45, 7) is 6.10. The molecule has 2 aromatic heterocycles. The van der Waals surface area contributed by atoms with Crippen LogP contribution in [0.1, 0.15) is 19.0 Å². The Morgan fingerprint density at radius 2 is 2.47 bits per heavy atom. The first-order valence-corrected chi connectivity index (χ1v) is 7.72. The molecule has 2 aromatic rings. The number of aliphatic hydroxyl groups is 1. The molecular weight excluding hydrogens is 260 g/mol. The second-order valence-corrected chi connectivity index (χ2v) is 5.87. The smallest absolute Gasteiger partial charge is 0.195 e. The molecule has 0 aromatic carbocycles. The van der Waals surface area contributed by atoms with E-state index in [0.29, 0.717) is 5.92 Å². The van der Waals surface area contributed by atoms with Crippen molar-refractivity contribution in [2.24, 2.45) is 5.92 Å². The van der Waals surface area contributed by atoms with Crippen LogP contribution in [0.25, 0.3) is 4.96 Å². The van der Waals surface area contributed by atoms with Crippen molar-refractivity contribution in [3.8, 4) is 0 Å². The van der Waals surface area contributed by atoms with Crippen LogP contribution in [-0.2, 0) is 6.54 Å². The fourth-order valence-corrected chi connectivity index (χ4v) is 3.38. The van der Waals surface area contributed by atoms with Gasteiger partial charge in [-0.2, -0.15) is 0 Å². The van der Waals surface area contributed by atoms with E-state index in [2.05, 4.69) is 33.1 Å². The molecule has 19 heavy (non-hydrogen) atoms. The topological polar surface area (TPSA) is 52.8 Å². The van der Waals surface area contributed by atoms with E-state index in [0.717, 1.165) is 43.4 Å². The molecule has 0 spiro atoms. The molecule has 1 aliphatic rings. The molecule has 1 unspecified atom stereocenters. The lowest BCUT2D eigenvalue weighted by molar-refractivity contribution is 0.238. The summed E-state index contributed by atoms with van der Waals surface area (Å²) >= 11 is 1.67. The summed E-state index contributed by atoms with van der Waals surface area (Å²) < 4.78 is 2.18. The van der Waals surface area contributed by atoms with E-state index >= 15 is 0 Å². The van der Waals surface area contributed by atoms with Gasteiger partial charge in [-0.25, -0.2) is 4.98 Å². The van der Waals surface area contributed by atoms with E-state index in [1.165, 1.54) is 5.69 Å². The molecule has 1 fully saturated rings. The molecule has 3 rings (SSSR count). The van der Waals surface area contributed by atoms with Crippen LogP contribution >= 0.6 is 11.3 Å². The Labute approximate surface area is 116 Å². The van der Waals surface area contributed by atoms with Crippen LogP contribution in [0.2, 0.25) is 0 Å². The molecular formula is C13H20N4OS. The van der Waals surface area contributed by atoms with E-state index in [4.69, 9.17) is 4.98 Å². The number of nitrogens with zero attached hydrogens (tertiary/aromatic N) is 3. The maximum absolute atomic E-state index is 9.28. The Morgan fingerprint density at radius 1 is 1.58 bits per heavy atom. The van der Waals surface area contributed by atoms with Gasteiger partial charge in [-0.05, 0) is 13.0 Å². The van der Waals surface area contributed by atoms with Crippen LogP contribution in [0.5, 0.6) is 0 Å². The predicted octanol–water partition coefficient (Wildman–Crippen LogP) is 1.32. The van der Waals surface area contributed by atoms with Crippen LogP contribution in [0.3, 0.4) is 0 Å². The number of aromatic nitrogens is 2. The van der Waals surface area contributed by atoms with Crippen molar-refractivity contribution in [1.29, 1.82) is 0 Å². The summed E-state index contributed by atoms with van der Waals surface area (Å²) in [6.07, 6.45) is 3.14. The molecule has 2 N–H and O–H groups in total. The first kappa shape index (κ1) is 12.9. The highest BCUT2D eigenvalue weighted by Gasteiger charge is 2.26. The van der Waals surface area contributed by atoms with Gasteiger partial charge in [0.1, 0.15) is 0 Å². The second-order valence-electron chi connectivity index (χ2n) is 5.00. The zero-order valence-corrected chi connectivity index (χ0v) is 12.0. The van der Waals surface area contributed by atoms with Crippen molar-refractivity contribution in [2.75, 3.05) is 31.1 Å². The van der Waals surface area contributed by atoms with Gasteiger partial charge in [0.15, 0.2) is 10.8 Å². The van der Waals surface area contributed by atoms with Gasteiger partial charge in [0.25, 0.3) is 0 Å². The van der Waals surface area contributed by atoms with E-state index in [9.17, 15) is 5.11 Å². The highest BCUT2D eigenvalue weighted by molar-refractivity contribution is 7.15. The number of hydrogen-bond donors (Lipinski definition) is 2. The fourth-order valence-electron chi connectivity index (χ4n) is 2.66. The summed E-state index contributed by atoms with van der Waals surface area (Å²) in [4.78, 5) is 8.13. The van der Waals surface area contributed by atoms with E-state index in [1.807, 2.05) is 0 Å². The number of aliphatic hydroxyl groups excluding tert-OH is 1. The van der Waals surface area contributed by atoms with Crippen LogP contribution < -0.4 is 10.2 Å². The van der Waals surface area contributed by atoms with Crippen LogP contribution in [0.15, 0.2) is 11.6 Å². The molecule has 104 valence electrons. The number of hydrogen-bond acceptors (Lipinski definition) is 5. The van der Waals surface area contributed by atoms with Gasteiger partial charge in [0.2, 0.25) is 0 Å². The Hall–Kier alpha value is -1.11. The maximum atomic E-state index is 9.28. The molecule has 0 saturated carbocycles. The Morgan fingerprint density at radius 3 is 3.21 bits per heavy atom. The molecule has 1 saturated heterocycles. The number of thiazole rings is 1. The van der Waals surface area contributed by atoms with E-state index < -0.39 is 0 Å². The van der Waals surface area contributed by atoms with Gasteiger partial charge < -0.3 is 15.3 Å². The standard InChI is InChI=1S/C13H20N4OS/c1-2-14-7-11-12(15-13-17(11)5-6-19-13)16-4-3-10(8-16)9-18/h5-6,10,14,18H,2-4,7-9H2,1H3. The zero-order chi connectivity index (χ0) is 13.2. The predicted molar refractivity (Wildman–Crippen MR) is 77.9 cm³/mol. The normalized spacial score (nSPS) is 19.7. The third-order valence-electron chi connectivity index (χ3n) is 3.73. The summed E-state index contributed by atoms with van der Waals surface area (Å²) in [5, 5.41) is 14.7. The zero-order valence-electron chi connectivity index (χ0n) is 11.2. The second kappa shape index (κ2) is 5.48. The average molecular weight is 280 g/mol. The molecule has 0 aliphatic carbocycles. The quantitative estimate of drug-likeness (QED) is 0.867. The number of nitrogens with one attached hydrogen (secondary N) is 1. The first-order chi connectivity index (χ1) is 9.33. The summed E-state index contributed by atoms with van der Waals surface area (Å²) in [7, 11) is 0. The lowest BCUT2D eigenvalue weighted by atomic mass is 10.1. The number of fused-ring (bicyclic) bond motifs is 1. The molecule has 0 bridgehead atoms. The monoisotopic (exact) mass is 280 g/mol. The van der Waals surface area contributed by atoms with Gasteiger partial charge >= 0.3 is 0 Å². The Kier molecular flexibility index (Phi) is 3.72. The van der Waals surface area contributed by atoms with Gasteiger partial charge in [0.05, 0.1) is 5.69 Å². The van der Waals surface area contributed by atoms with Gasteiger partial charge in [-0.15, -0.1) is 11.3 Å². The molecule has 1 aliphatic heterocycles. The van der Waals surface area contributed by atoms with Crippen molar-refractivity contribution in [3.63, 3.8) is 0 Å². The minimum Gasteiger partial charge on any atom is -0.396 e. The van der Waals surface area contributed by atoms with Crippen molar-refractivity contribution in [2.45, 2.75) is 19.9 Å². The summed E-state index contributed by atoms with van der Waals surface area (Å²) in [6, 6.07) is 0. The number of imidazole rings is 1. The third kappa shape index (κ3) is 2.35. The summed E-state index contributed by atoms with van der Waals surface area (Å²) in [5.41, 5.74) is 1.23. The Bertz CT molecular complexity index is 550. The minimum absolute atomic E-state index is 0.279. The molecule has 0 amide bonds. The highest BCUT2D eigenvalue weighted by Crippen LogP contribution is 2.29. The molecule has 5 nitrogen and oxygen atoms in total. The van der Waals surface area contributed by atoms with Crippen LogP contribution in [-0.4, -0.2) is 40.7 Å². The SMILES string of the molecule is CCNCc1c(N2CCC(CO)C2)nc2sccn12. The van der Waals surface area contributed by atoms with Crippen LogP contribution in [0, 0.1) is 5.92 Å². The third-order valence-corrected chi connectivity index (χ3v) is 4.48. The lowest BCUT2D eigenvalue weighted by Gasteiger charge is -2.17. The van der Waals surface area contributed by atoms with Gasteiger partial charge in [0, 0.05) is 43.7 Å². The van der Waals surface area contributed by atoms with E-state index in [1.54, 1.807) is 11.3 Å². The molecule has 3 heterocycles. The molecule has 1 atom stereocenters. The van der Waals surface area contributed by atoms with E-state index in [-0.39, 0.29) is 6.61 Å². The fraction of sp³-hybridized carbons (Fsp3) is 0.615. The summed E-state index contributed by atoms with van der Waals surface area (Å²) in [5.74, 6) is 1.48. The number of anilines is 1. The van der Waals surface area contributed by atoms with Crippen molar-refractivity contribution in [3.05, 3.63) is 17.3 Å². The lowest BCUT2D eigenvalue weighted by Crippen LogP contribution is -2.24. The number of rotatable bonds is 5. The van der Waals surface area contributed by atoms with Crippen LogP contribution in [0.4, 0.5) is 5.82 Å². The van der Waals surface area contributed by atoms with Gasteiger partial charge in [-0.3, -0.25) is 4.40 Å². The maximum Gasteiger partial charge on any atom is 0.195 e. The molecule has 6 heteroatoms. The van der Waals surface area contributed by atoms with Gasteiger partial charge in [-0.1, -0.05) is 6.92 Å².